The molecule has 0 aliphatic carbocycles. The Morgan fingerprint density at radius 2 is 2.03 bits per heavy atom. The molecule has 3 heterocycles. The molecule has 1 aliphatic heterocycles. The van der Waals surface area contributed by atoms with Gasteiger partial charge in [0, 0.05) is 24.8 Å². The van der Waals surface area contributed by atoms with Gasteiger partial charge in [0.15, 0.2) is 0 Å². The molecule has 1 N–H and O–H groups in total. The average molecular weight is 422 g/mol. The van der Waals surface area contributed by atoms with Crippen molar-refractivity contribution in [2.45, 2.75) is 23.7 Å². The van der Waals surface area contributed by atoms with Crippen LogP contribution in [0.3, 0.4) is 0 Å². The number of hydrogen-bond acceptors (Lipinski definition) is 6. The lowest BCUT2D eigenvalue weighted by Gasteiger charge is -2.30. The molecule has 3 aromatic rings. The van der Waals surface area contributed by atoms with Crippen LogP contribution in [0.2, 0.25) is 0 Å². The number of hydrogen-bond donors (Lipinski definition) is 1. The number of halogens is 2. The van der Waals surface area contributed by atoms with Crippen molar-refractivity contribution < 1.29 is 26.0 Å². The summed E-state index contributed by atoms with van der Waals surface area (Å²) in [6.07, 6.45) is 2.35. The van der Waals surface area contributed by atoms with E-state index >= 15 is 0 Å². The van der Waals surface area contributed by atoms with Gasteiger partial charge < -0.3 is 14.4 Å². The Labute approximate surface area is 164 Å². The van der Waals surface area contributed by atoms with Crippen LogP contribution in [0.1, 0.15) is 35.1 Å². The Bertz CT molecular complexity index is 1140. The van der Waals surface area contributed by atoms with Crippen LogP contribution in [0, 0.1) is 5.82 Å². The molecule has 2 aromatic heterocycles. The van der Waals surface area contributed by atoms with Gasteiger partial charge in [-0.1, -0.05) is 5.16 Å². The molecule has 1 atom stereocenters. The third-order valence-electron chi connectivity index (χ3n) is 4.77. The molecule has 8 nitrogen and oxygen atoms in total. The van der Waals surface area contributed by atoms with Crippen molar-refractivity contribution in [3.63, 3.8) is 0 Å². The van der Waals surface area contributed by atoms with Crippen molar-refractivity contribution in [3.05, 3.63) is 53.9 Å². The van der Waals surface area contributed by atoms with Crippen molar-refractivity contribution in [1.29, 1.82) is 0 Å². The molecule has 29 heavy (non-hydrogen) atoms. The Balaban J connectivity index is 1.49. The highest BCUT2D eigenvalue weighted by Crippen LogP contribution is 2.28. The van der Waals surface area contributed by atoms with E-state index in [1.165, 1.54) is 17.0 Å². The quantitative estimate of drug-likeness (QED) is 0.648. The molecule has 0 saturated carbocycles. The molecule has 1 unspecified atom stereocenters. The summed E-state index contributed by atoms with van der Waals surface area (Å²) in [7, 11) is -4.89. The molecule has 11 heteroatoms. The summed E-state index contributed by atoms with van der Waals surface area (Å²) in [5.74, 6) is -0.325. The number of benzene rings is 1. The summed E-state index contributed by atoms with van der Waals surface area (Å²) < 4.78 is 53.4. The van der Waals surface area contributed by atoms with Crippen LogP contribution in [0.5, 0.6) is 0 Å². The number of amides is 1. The van der Waals surface area contributed by atoms with Gasteiger partial charge in [-0.3, -0.25) is 4.79 Å². The molecule has 0 spiro atoms. The Hall–Kier alpha value is -3.08. The highest BCUT2D eigenvalue weighted by Gasteiger charge is 2.30. The van der Waals surface area contributed by atoms with Gasteiger partial charge >= 0.3 is 10.2 Å². The van der Waals surface area contributed by atoms with E-state index in [9.17, 15) is 21.5 Å². The van der Waals surface area contributed by atoms with E-state index in [4.69, 9.17) is 4.52 Å². The van der Waals surface area contributed by atoms with E-state index in [1.54, 1.807) is 12.1 Å². The van der Waals surface area contributed by atoms with E-state index < -0.39 is 21.0 Å². The van der Waals surface area contributed by atoms with Crippen LogP contribution in [0.15, 0.2) is 45.9 Å². The number of carbonyl (C=O) groups is 1. The van der Waals surface area contributed by atoms with Crippen LogP contribution in [0.4, 0.5) is 8.28 Å². The van der Waals surface area contributed by atoms with Crippen LogP contribution < -0.4 is 0 Å². The Kier molecular flexibility index (Phi) is 4.91. The largest absolute Gasteiger partial charge is 0.356 e. The lowest BCUT2D eigenvalue weighted by molar-refractivity contribution is 0.0690. The summed E-state index contributed by atoms with van der Waals surface area (Å²) in [6.45, 7) is 0.756. The van der Waals surface area contributed by atoms with E-state index in [2.05, 4.69) is 15.1 Å². The molecule has 1 fully saturated rings. The second kappa shape index (κ2) is 7.39. The third-order valence-corrected chi connectivity index (χ3v) is 5.57. The molecule has 152 valence electrons. The molecule has 0 bridgehead atoms. The molecule has 1 amide bonds. The predicted octanol–water partition coefficient (Wildman–Crippen LogP) is 2.88. The monoisotopic (exact) mass is 422 g/mol. The molecule has 1 aromatic carbocycles. The highest BCUT2D eigenvalue weighted by molar-refractivity contribution is 7.86. The minimum atomic E-state index is -4.89. The molecular formula is C18H16F2N4O4S. The number of nitrogens with zero attached hydrogens (tertiary/aromatic N) is 3. The number of aromatic amines is 1. The first-order chi connectivity index (χ1) is 13.8. The number of aromatic nitrogens is 3. The van der Waals surface area contributed by atoms with Crippen molar-refractivity contribution >= 4 is 16.1 Å². The van der Waals surface area contributed by atoms with E-state index in [0.717, 1.165) is 18.7 Å². The normalized spacial score (nSPS) is 17.4. The first kappa shape index (κ1) is 19.2. The Morgan fingerprint density at radius 1 is 1.28 bits per heavy atom. The fourth-order valence-electron chi connectivity index (χ4n) is 3.29. The molecule has 1 saturated heterocycles. The van der Waals surface area contributed by atoms with Gasteiger partial charge in [0.2, 0.25) is 11.7 Å². The van der Waals surface area contributed by atoms with Crippen molar-refractivity contribution in [2.75, 3.05) is 13.1 Å². The van der Waals surface area contributed by atoms with Crippen LogP contribution >= 0.6 is 0 Å². The standard InChI is InChI=1S/C18H16F2N4O4S/c19-13-5-3-11(4-6-13)16-22-17(28-23-16)12-2-1-7-24(10-12)18(25)15-8-14(9-21-15)29(20,26)27/h3-6,8-9,12,21H,1-2,7,10H2. The number of piperidine rings is 1. The maximum absolute atomic E-state index is 13.1. The maximum atomic E-state index is 13.1. The van der Waals surface area contributed by atoms with Crippen molar-refractivity contribution in [3.8, 4) is 11.4 Å². The summed E-state index contributed by atoms with van der Waals surface area (Å²) >= 11 is 0. The second-order valence-corrected chi connectivity index (χ2v) is 8.09. The topological polar surface area (TPSA) is 109 Å². The summed E-state index contributed by atoms with van der Waals surface area (Å²) in [4.78, 5) is 20.5. The third kappa shape index (κ3) is 4.04. The summed E-state index contributed by atoms with van der Waals surface area (Å²) in [5.41, 5.74) is 0.593. The van der Waals surface area contributed by atoms with E-state index in [-0.39, 0.29) is 17.4 Å². The zero-order chi connectivity index (χ0) is 20.6. The lowest BCUT2D eigenvalue weighted by Crippen LogP contribution is -2.39. The Morgan fingerprint density at radius 3 is 2.72 bits per heavy atom. The van der Waals surface area contributed by atoms with Crippen molar-refractivity contribution in [1.82, 2.24) is 20.0 Å². The molecule has 4 rings (SSSR count). The van der Waals surface area contributed by atoms with Gasteiger partial charge in [0.1, 0.15) is 16.4 Å². The van der Waals surface area contributed by atoms with E-state index in [0.29, 0.717) is 36.8 Å². The lowest BCUT2D eigenvalue weighted by atomic mass is 9.97. The molecular weight excluding hydrogens is 406 g/mol. The fraction of sp³-hybridized carbons (Fsp3) is 0.278. The second-order valence-electron chi connectivity index (χ2n) is 6.74. The minimum absolute atomic E-state index is 0.0144. The van der Waals surface area contributed by atoms with Gasteiger partial charge in [-0.2, -0.15) is 13.4 Å². The summed E-state index contributed by atoms with van der Waals surface area (Å²) in [5, 5.41) is 3.92. The number of carbonyl (C=O) groups excluding carboxylic acids is 1. The van der Waals surface area contributed by atoms with Crippen LogP contribution in [-0.4, -0.2) is 47.4 Å². The van der Waals surface area contributed by atoms with Gasteiger partial charge in [-0.25, -0.2) is 4.39 Å². The zero-order valence-electron chi connectivity index (χ0n) is 15.0. The minimum Gasteiger partial charge on any atom is -0.356 e. The molecule has 0 radical (unpaired) electrons. The van der Waals surface area contributed by atoms with Gasteiger partial charge in [-0.05, 0) is 43.2 Å². The number of likely N-dealkylation sites (tertiary alicyclic amines) is 1. The molecule has 1 aliphatic rings. The highest BCUT2D eigenvalue weighted by atomic mass is 32.3. The van der Waals surface area contributed by atoms with Gasteiger partial charge in [0.25, 0.3) is 5.91 Å². The maximum Gasteiger partial charge on any atom is 0.333 e. The van der Waals surface area contributed by atoms with Gasteiger partial charge in [0.05, 0.1) is 5.92 Å². The summed E-state index contributed by atoms with van der Waals surface area (Å²) in [6, 6.07) is 6.66. The van der Waals surface area contributed by atoms with Crippen molar-refractivity contribution in [2.24, 2.45) is 0 Å². The predicted molar refractivity (Wildman–Crippen MR) is 96.7 cm³/mol. The smallest absolute Gasteiger partial charge is 0.333 e. The van der Waals surface area contributed by atoms with Crippen LogP contribution in [-0.2, 0) is 10.2 Å². The average Bonchev–Trinajstić information content (AvgIpc) is 3.38. The number of nitrogens with one attached hydrogen (secondary N) is 1. The number of rotatable bonds is 4. The van der Waals surface area contributed by atoms with E-state index in [1.807, 2.05) is 0 Å². The SMILES string of the molecule is O=C(c1cc(S(=O)(=O)F)c[nH]1)N1CCCC(c2nc(-c3ccc(F)cc3)no2)C1. The van der Waals surface area contributed by atoms with Crippen LogP contribution in [0.25, 0.3) is 11.4 Å². The fourth-order valence-corrected chi connectivity index (χ4v) is 3.75. The zero-order valence-corrected chi connectivity index (χ0v) is 15.8. The number of H-pyrrole nitrogens is 1. The van der Waals surface area contributed by atoms with Gasteiger partial charge in [-0.15, -0.1) is 3.89 Å². The first-order valence-corrected chi connectivity index (χ1v) is 10.2. The first-order valence-electron chi connectivity index (χ1n) is 8.83.